The van der Waals surface area contributed by atoms with Gasteiger partial charge in [-0.1, -0.05) is 34.1 Å². The largest absolute Gasteiger partial charge is 0.502 e. The summed E-state index contributed by atoms with van der Waals surface area (Å²) >= 11 is 3.40. The third-order valence-corrected chi connectivity index (χ3v) is 4.15. The maximum atomic E-state index is 12.0. The Bertz CT molecular complexity index is 783. The van der Waals surface area contributed by atoms with Crippen LogP contribution in [0.1, 0.15) is 36.3 Å². The molecule has 24 heavy (non-hydrogen) atoms. The van der Waals surface area contributed by atoms with Gasteiger partial charge in [-0.05, 0) is 18.6 Å². The highest BCUT2D eigenvalue weighted by Gasteiger charge is 2.28. The van der Waals surface area contributed by atoms with Crippen molar-refractivity contribution in [1.29, 1.82) is 0 Å². The fraction of sp³-hybridized carbons (Fsp3) is 0.294. The van der Waals surface area contributed by atoms with E-state index in [-0.39, 0.29) is 24.5 Å². The molecule has 0 bridgehead atoms. The lowest BCUT2D eigenvalue weighted by molar-refractivity contribution is -0.143. The lowest BCUT2D eigenvalue weighted by Gasteiger charge is -2.18. The molecule has 1 atom stereocenters. The van der Waals surface area contributed by atoms with Crippen molar-refractivity contribution in [3.8, 4) is 5.75 Å². The van der Waals surface area contributed by atoms with Crippen molar-refractivity contribution in [2.24, 2.45) is 0 Å². The Balaban J connectivity index is 2.58. The molecule has 1 aromatic carbocycles. The predicted molar refractivity (Wildman–Crippen MR) is 89.8 cm³/mol. The van der Waals surface area contributed by atoms with Crippen molar-refractivity contribution < 1.29 is 24.2 Å². The zero-order chi connectivity index (χ0) is 17.7. The predicted octanol–water partition coefficient (Wildman–Crippen LogP) is 2.69. The molecular formula is C17H17BrO6. The van der Waals surface area contributed by atoms with Crippen molar-refractivity contribution in [2.45, 2.75) is 25.9 Å². The minimum Gasteiger partial charge on any atom is -0.502 e. The monoisotopic (exact) mass is 396 g/mol. The molecule has 0 aliphatic heterocycles. The molecule has 0 fully saturated rings. The van der Waals surface area contributed by atoms with Crippen LogP contribution in [0.5, 0.6) is 5.75 Å². The van der Waals surface area contributed by atoms with E-state index < -0.39 is 29.7 Å². The molecule has 1 heterocycles. The molecule has 0 spiro atoms. The number of esters is 1. The Morgan fingerprint density at radius 3 is 2.71 bits per heavy atom. The van der Waals surface area contributed by atoms with Crippen LogP contribution in [0.3, 0.4) is 0 Å². The van der Waals surface area contributed by atoms with E-state index in [2.05, 4.69) is 15.9 Å². The Morgan fingerprint density at radius 1 is 1.38 bits per heavy atom. The van der Waals surface area contributed by atoms with Gasteiger partial charge in [0.05, 0.1) is 18.9 Å². The van der Waals surface area contributed by atoms with Gasteiger partial charge in [0.1, 0.15) is 12.4 Å². The van der Waals surface area contributed by atoms with Crippen molar-refractivity contribution in [3.63, 3.8) is 0 Å². The first-order valence-electron chi connectivity index (χ1n) is 7.34. The second-order valence-corrected chi connectivity index (χ2v) is 5.89. The first-order chi connectivity index (χ1) is 11.5. The molecule has 0 amide bonds. The van der Waals surface area contributed by atoms with Gasteiger partial charge in [-0.25, -0.2) is 0 Å². The van der Waals surface area contributed by atoms with Crippen molar-refractivity contribution in [2.75, 3.05) is 6.61 Å². The summed E-state index contributed by atoms with van der Waals surface area (Å²) in [6.45, 7) is 1.41. The van der Waals surface area contributed by atoms with Crippen LogP contribution in [0.4, 0.5) is 0 Å². The first-order valence-corrected chi connectivity index (χ1v) is 8.14. The Hall–Kier alpha value is -2.12. The summed E-state index contributed by atoms with van der Waals surface area (Å²) in [5, 5.41) is 19.4. The number of aliphatic hydroxyl groups is 1. The third kappa shape index (κ3) is 4.04. The summed E-state index contributed by atoms with van der Waals surface area (Å²) in [7, 11) is 0. The standard InChI is InChI=1S/C17H17BrO6/c1-2-23-15(21)8-12(11-5-3-4-6-13(11)18)17-16(22)14(20)7-10(9-19)24-17/h3-7,12,19,22H,2,8-9H2,1H3. The first kappa shape index (κ1) is 18.2. The minimum absolute atomic E-state index is 0.00807. The average Bonchev–Trinajstić information content (AvgIpc) is 2.56. The van der Waals surface area contributed by atoms with Gasteiger partial charge < -0.3 is 19.4 Å². The minimum atomic E-state index is -0.737. The number of hydrogen-bond donors (Lipinski definition) is 2. The van der Waals surface area contributed by atoms with Crippen LogP contribution in [0.2, 0.25) is 0 Å². The lowest BCUT2D eigenvalue weighted by Crippen LogP contribution is -2.15. The molecule has 2 N–H and O–H groups in total. The van der Waals surface area contributed by atoms with E-state index in [0.717, 1.165) is 6.07 Å². The van der Waals surface area contributed by atoms with Gasteiger partial charge in [0.2, 0.25) is 11.2 Å². The molecule has 6 nitrogen and oxygen atoms in total. The molecule has 0 aliphatic carbocycles. The van der Waals surface area contributed by atoms with Crippen molar-refractivity contribution in [3.05, 3.63) is 62.1 Å². The van der Waals surface area contributed by atoms with Gasteiger partial charge in [-0.2, -0.15) is 0 Å². The molecule has 2 aromatic rings. The molecular weight excluding hydrogens is 380 g/mol. The van der Waals surface area contributed by atoms with Gasteiger partial charge in [-0.15, -0.1) is 0 Å². The Labute approximate surface area is 146 Å². The lowest BCUT2D eigenvalue weighted by atomic mass is 9.92. The van der Waals surface area contributed by atoms with Gasteiger partial charge in [0.15, 0.2) is 5.76 Å². The van der Waals surface area contributed by atoms with Crippen LogP contribution in [0.25, 0.3) is 0 Å². The average molecular weight is 397 g/mol. The molecule has 0 saturated heterocycles. The second kappa shape index (κ2) is 8.12. The number of carbonyl (C=O) groups is 1. The number of halogens is 1. The summed E-state index contributed by atoms with van der Waals surface area (Å²) in [5.74, 6) is -1.88. The number of aliphatic hydroxyl groups excluding tert-OH is 1. The van der Waals surface area contributed by atoms with Crippen molar-refractivity contribution in [1.82, 2.24) is 0 Å². The summed E-state index contributed by atoms with van der Waals surface area (Å²) in [6.07, 6.45) is -0.123. The maximum Gasteiger partial charge on any atom is 0.306 e. The fourth-order valence-corrected chi connectivity index (χ4v) is 2.92. The zero-order valence-corrected chi connectivity index (χ0v) is 14.6. The summed E-state index contributed by atoms with van der Waals surface area (Å²) in [4.78, 5) is 23.9. The third-order valence-electron chi connectivity index (χ3n) is 3.43. The number of benzene rings is 1. The second-order valence-electron chi connectivity index (χ2n) is 5.03. The molecule has 0 aliphatic rings. The number of rotatable bonds is 6. The highest BCUT2D eigenvalue weighted by Crippen LogP contribution is 2.36. The van der Waals surface area contributed by atoms with Gasteiger partial charge in [0, 0.05) is 10.5 Å². The Morgan fingerprint density at radius 2 is 2.08 bits per heavy atom. The van der Waals surface area contributed by atoms with E-state index in [0.29, 0.717) is 10.0 Å². The normalized spacial score (nSPS) is 12.0. The van der Waals surface area contributed by atoms with Crippen LogP contribution in [-0.4, -0.2) is 22.8 Å². The van der Waals surface area contributed by atoms with Crippen LogP contribution in [-0.2, 0) is 16.1 Å². The van der Waals surface area contributed by atoms with E-state index in [1.807, 2.05) is 0 Å². The van der Waals surface area contributed by atoms with Crippen LogP contribution in [0, 0.1) is 0 Å². The van der Waals surface area contributed by atoms with Crippen molar-refractivity contribution >= 4 is 21.9 Å². The fourth-order valence-electron chi connectivity index (χ4n) is 2.36. The van der Waals surface area contributed by atoms with E-state index in [1.165, 1.54) is 0 Å². The summed E-state index contributed by atoms with van der Waals surface area (Å²) < 4.78 is 11.1. The highest BCUT2D eigenvalue weighted by molar-refractivity contribution is 9.10. The molecule has 128 valence electrons. The summed E-state index contributed by atoms with van der Waals surface area (Å²) in [5.41, 5.74) is -0.0275. The maximum absolute atomic E-state index is 12.0. The number of carbonyl (C=O) groups excluding carboxylic acids is 1. The molecule has 0 radical (unpaired) electrons. The van der Waals surface area contributed by atoms with E-state index in [1.54, 1.807) is 31.2 Å². The summed E-state index contributed by atoms with van der Waals surface area (Å²) in [6, 6.07) is 8.11. The van der Waals surface area contributed by atoms with Crippen LogP contribution in [0.15, 0.2) is 44.0 Å². The molecule has 0 saturated carbocycles. The Kier molecular flexibility index (Phi) is 6.16. The molecule has 7 heteroatoms. The van der Waals surface area contributed by atoms with E-state index in [4.69, 9.17) is 9.15 Å². The number of hydrogen-bond acceptors (Lipinski definition) is 6. The van der Waals surface area contributed by atoms with Gasteiger partial charge >= 0.3 is 5.97 Å². The highest BCUT2D eigenvalue weighted by atomic mass is 79.9. The van der Waals surface area contributed by atoms with Gasteiger partial charge in [-0.3, -0.25) is 9.59 Å². The number of ether oxygens (including phenoxy) is 1. The SMILES string of the molecule is CCOC(=O)CC(c1ccccc1Br)c1oc(CO)cc(=O)c1O. The molecule has 2 rings (SSSR count). The van der Waals surface area contributed by atoms with E-state index >= 15 is 0 Å². The quantitative estimate of drug-likeness (QED) is 0.728. The zero-order valence-electron chi connectivity index (χ0n) is 13.0. The molecule has 1 unspecified atom stereocenters. The molecule has 1 aromatic heterocycles. The smallest absolute Gasteiger partial charge is 0.306 e. The van der Waals surface area contributed by atoms with E-state index in [9.17, 15) is 19.8 Å². The number of aromatic hydroxyl groups is 1. The van der Waals surface area contributed by atoms with Gasteiger partial charge in [0.25, 0.3) is 0 Å². The van der Waals surface area contributed by atoms with Crippen LogP contribution >= 0.6 is 15.9 Å². The van der Waals surface area contributed by atoms with Crippen LogP contribution < -0.4 is 5.43 Å². The topological polar surface area (TPSA) is 97.0 Å².